The first-order valence-corrected chi connectivity index (χ1v) is 14.2. The fraction of sp³-hybridized carbons (Fsp3) is 0.385. The highest BCUT2D eigenvalue weighted by Gasteiger charge is 2.23. The van der Waals surface area contributed by atoms with Gasteiger partial charge in [0.2, 0.25) is 0 Å². The summed E-state index contributed by atoms with van der Waals surface area (Å²) in [4.78, 5) is 30.3. The van der Waals surface area contributed by atoms with E-state index in [1.165, 1.54) is 4.68 Å². The van der Waals surface area contributed by atoms with Gasteiger partial charge >= 0.3 is 5.97 Å². The van der Waals surface area contributed by atoms with Gasteiger partial charge in [0.15, 0.2) is 17.6 Å². The molecule has 1 aromatic heterocycles. The number of aromatic nitrogens is 2. The van der Waals surface area contributed by atoms with Crippen LogP contribution in [0.2, 0.25) is 0 Å². The predicted molar refractivity (Wildman–Crippen MR) is 155 cm³/mol. The molecule has 2 aromatic carbocycles. The molecule has 198 valence electrons. The molecule has 0 fully saturated rings. The quantitative estimate of drug-likeness (QED) is 0.171. The second kappa shape index (κ2) is 13.0. The van der Waals surface area contributed by atoms with Gasteiger partial charge in [-0.15, -0.1) is 0 Å². The van der Waals surface area contributed by atoms with Gasteiger partial charge in [0, 0.05) is 20.4 Å². The van der Waals surface area contributed by atoms with Crippen LogP contribution >= 0.6 is 47.8 Å². The predicted octanol–water partition coefficient (Wildman–Crippen LogP) is 6.81. The Hall–Kier alpha value is -2.24. The number of ether oxygens (including phenoxy) is 3. The lowest BCUT2D eigenvalue weighted by Crippen LogP contribution is -2.26. The summed E-state index contributed by atoms with van der Waals surface area (Å²) in [7, 11) is 0. The average molecular weight is 702 g/mol. The van der Waals surface area contributed by atoms with E-state index >= 15 is 0 Å². The van der Waals surface area contributed by atoms with E-state index in [2.05, 4.69) is 52.9 Å². The molecule has 0 bridgehead atoms. The van der Waals surface area contributed by atoms with Gasteiger partial charge in [0.25, 0.3) is 5.56 Å². The van der Waals surface area contributed by atoms with E-state index in [0.29, 0.717) is 49.3 Å². The molecule has 0 N–H and O–H groups in total. The maximum atomic E-state index is 13.4. The van der Waals surface area contributed by atoms with Crippen LogP contribution in [0.25, 0.3) is 10.9 Å². The summed E-state index contributed by atoms with van der Waals surface area (Å²) in [6, 6.07) is 7.15. The van der Waals surface area contributed by atoms with Crippen molar-refractivity contribution in [2.75, 3.05) is 13.2 Å². The Labute approximate surface area is 240 Å². The Morgan fingerprint density at radius 2 is 1.84 bits per heavy atom. The second-order valence-corrected chi connectivity index (χ2v) is 10.7. The third-order valence-corrected chi connectivity index (χ3v) is 8.20. The lowest BCUT2D eigenvalue weighted by Gasteiger charge is -2.19. The first-order chi connectivity index (χ1) is 17.6. The smallest absolute Gasteiger partial charge is 0.347 e. The minimum Gasteiger partial charge on any atom is -0.490 e. The summed E-state index contributed by atoms with van der Waals surface area (Å²) in [6.45, 7) is 9.86. The molecule has 3 aromatic rings. The van der Waals surface area contributed by atoms with Crippen molar-refractivity contribution in [1.29, 1.82) is 0 Å². The second-order valence-electron chi connectivity index (χ2n) is 8.17. The topological polar surface area (TPSA) is 92.0 Å². The molecule has 0 saturated heterocycles. The Morgan fingerprint density at radius 1 is 1.11 bits per heavy atom. The number of carbonyl (C=O) groups excluding carboxylic acids is 1. The Balaban J connectivity index is 2.12. The van der Waals surface area contributed by atoms with Crippen molar-refractivity contribution in [3.8, 4) is 11.5 Å². The van der Waals surface area contributed by atoms with E-state index < -0.39 is 12.1 Å². The SMILES string of the molecule is CCOC(=O)[C@@H](C)Oc1c(OCC)cc(C=Nn2c([C@H](C)CC)nc3ccc(Br)cc3c2=O)c(Br)c1Br. The monoisotopic (exact) mass is 699 g/mol. The number of hydrogen-bond donors (Lipinski definition) is 0. The first kappa shape index (κ1) is 29.3. The van der Waals surface area contributed by atoms with Crippen LogP contribution in [0.3, 0.4) is 0 Å². The normalized spacial score (nSPS) is 13.1. The minimum absolute atomic E-state index is 0.00667. The molecule has 11 heteroatoms. The highest BCUT2D eigenvalue weighted by molar-refractivity contribution is 9.13. The molecule has 0 aliphatic rings. The fourth-order valence-corrected chi connectivity index (χ4v) is 4.73. The summed E-state index contributed by atoms with van der Waals surface area (Å²) < 4.78 is 20.0. The number of halogens is 3. The van der Waals surface area contributed by atoms with E-state index in [-0.39, 0.29) is 18.1 Å². The van der Waals surface area contributed by atoms with Gasteiger partial charge in [0.05, 0.1) is 34.8 Å². The Kier molecular flexibility index (Phi) is 10.3. The highest BCUT2D eigenvalue weighted by Crippen LogP contribution is 2.43. The van der Waals surface area contributed by atoms with Gasteiger partial charge in [-0.1, -0.05) is 29.8 Å². The van der Waals surface area contributed by atoms with E-state index in [9.17, 15) is 9.59 Å². The maximum Gasteiger partial charge on any atom is 0.347 e. The molecule has 0 aliphatic carbocycles. The molecule has 0 amide bonds. The van der Waals surface area contributed by atoms with E-state index in [1.54, 1.807) is 32.2 Å². The van der Waals surface area contributed by atoms with Crippen molar-refractivity contribution in [2.24, 2.45) is 5.10 Å². The third-order valence-electron chi connectivity index (χ3n) is 5.57. The van der Waals surface area contributed by atoms with Crippen LogP contribution in [0.1, 0.15) is 58.3 Å². The van der Waals surface area contributed by atoms with Crippen molar-refractivity contribution in [3.05, 3.63) is 59.4 Å². The van der Waals surface area contributed by atoms with E-state index in [0.717, 1.165) is 10.9 Å². The Morgan fingerprint density at radius 3 is 2.49 bits per heavy atom. The molecule has 0 aliphatic heterocycles. The molecule has 0 spiro atoms. The van der Waals surface area contributed by atoms with Crippen LogP contribution in [-0.4, -0.2) is 41.2 Å². The van der Waals surface area contributed by atoms with Crippen molar-refractivity contribution in [1.82, 2.24) is 9.66 Å². The summed E-state index contributed by atoms with van der Waals surface area (Å²) in [5.41, 5.74) is 0.985. The summed E-state index contributed by atoms with van der Waals surface area (Å²) >= 11 is 10.6. The number of benzene rings is 2. The molecule has 0 saturated carbocycles. The van der Waals surface area contributed by atoms with Crippen molar-refractivity contribution in [2.45, 2.75) is 53.1 Å². The van der Waals surface area contributed by atoms with Crippen LogP contribution in [-0.2, 0) is 9.53 Å². The molecule has 8 nitrogen and oxygen atoms in total. The summed E-state index contributed by atoms with van der Waals surface area (Å²) in [6.07, 6.45) is 1.51. The molecular weight excluding hydrogens is 674 g/mol. The van der Waals surface area contributed by atoms with Gasteiger partial charge in [-0.25, -0.2) is 9.78 Å². The van der Waals surface area contributed by atoms with Crippen LogP contribution in [0.5, 0.6) is 11.5 Å². The van der Waals surface area contributed by atoms with Crippen molar-refractivity contribution < 1.29 is 19.0 Å². The van der Waals surface area contributed by atoms with Gasteiger partial charge in [0.1, 0.15) is 5.82 Å². The number of nitrogens with zero attached hydrogens (tertiary/aromatic N) is 3. The van der Waals surface area contributed by atoms with Crippen LogP contribution in [0, 0.1) is 0 Å². The lowest BCUT2D eigenvalue weighted by atomic mass is 10.1. The fourth-order valence-electron chi connectivity index (χ4n) is 3.45. The first-order valence-electron chi connectivity index (χ1n) is 11.9. The van der Waals surface area contributed by atoms with Gasteiger partial charge in [-0.05, 0) is 83.3 Å². The number of fused-ring (bicyclic) bond motifs is 1. The molecule has 37 heavy (non-hydrogen) atoms. The zero-order valence-electron chi connectivity index (χ0n) is 21.2. The molecule has 1 heterocycles. The van der Waals surface area contributed by atoms with Crippen molar-refractivity contribution >= 4 is 70.9 Å². The number of rotatable bonds is 10. The van der Waals surface area contributed by atoms with Gasteiger partial charge in [-0.2, -0.15) is 9.78 Å². The lowest BCUT2D eigenvalue weighted by molar-refractivity contribution is -0.150. The van der Waals surface area contributed by atoms with Gasteiger partial charge < -0.3 is 14.2 Å². The average Bonchev–Trinajstić information content (AvgIpc) is 2.88. The van der Waals surface area contributed by atoms with Crippen LogP contribution < -0.4 is 15.0 Å². The molecule has 3 rings (SSSR count). The number of esters is 1. The molecule has 2 atom stereocenters. The largest absolute Gasteiger partial charge is 0.490 e. The van der Waals surface area contributed by atoms with E-state index in [1.807, 2.05) is 32.9 Å². The molecular formula is C26H28Br3N3O5. The third kappa shape index (κ3) is 6.61. The minimum atomic E-state index is -0.846. The Bertz CT molecular complexity index is 1390. The standard InChI is InChI=1S/C26H28Br3N3O5/c1-6-14(4)24-31-19-10-9-17(27)12-18(19)25(33)32(24)30-13-16-11-20(35-7-2)23(22(29)21(16)28)37-15(5)26(34)36-8-3/h9-15H,6-8H2,1-5H3/t14-,15-/m1/s1. The zero-order chi connectivity index (χ0) is 27.3. The number of hydrogen-bond acceptors (Lipinski definition) is 7. The van der Waals surface area contributed by atoms with Crippen LogP contribution in [0.15, 0.2) is 47.6 Å². The highest BCUT2D eigenvalue weighted by atomic mass is 79.9. The molecule has 0 unspecified atom stereocenters. The molecule has 0 radical (unpaired) electrons. The van der Waals surface area contributed by atoms with Crippen LogP contribution in [0.4, 0.5) is 0 Å². The van der Waals surface area contributed by atoms with Gasteiger partial charge in [-0.3, -0.25) is 4.79 Å². The summed E-state index contributed by atoms with van der Waals surface area (Å²) in [5.74, 6) is 0.853. The maximum absolute atomic E-state index is 13.4. The number of carbonyl (C=O) groups is 1. The zero-order valence-corrected chi connectivity index (χ0v) is 25.9. The van der Waals surface area contributed by atoms with E-state index in [4.69, 9.17) is 19.2 Å². The summed E-state index contributed by atoms with van der Waals surface area (Å²) in [5, 5.41) is 5.01. The van der Waals surface area contributed by atoms with Crippen molar-refractivity contribution in [3.63, 3.8) is 0 Å².